The molecular formula is C25H22N4O5S2. The molecule has 0 aliphatic carbocycles. The Morgan fingerprint density at radius 2 is 1.78 bits per heavy atom. The monoisotopic (exact) mass is 522 g/mol. The largest absolute Gasteiger partial charge is 0.497 e. The highest BCUT2D eigenvalue weighted by Crippen LogP contribution is 2.37. The van der Waals surface area contributed by atoms with Gasteiger partial charge in [-0.05, 0) is 43.3 Å². The highest BCUT2D eigenvalue weighted by atomic mass is 32.2. The van der Waals surface area contributed by atoms with Crippen LogP contribution in [-0.4, -0.2) is 44.3 Å². The van der Waals surface area contributed by atoms with Crippen LogP contribution in [0.25, 0.3) is 10.6 Å². The summed E-state index contributed by atoms with van der Waals surface area (Å²) in [5.74, 6) is 0.306. The normalized spacial score (nSPS) is 15.1. The molecule has 2 heterocycles. The van der Waals surface area contributed by atoms with Crippen LogP contribution in [0.1, 0.15) is 5.56 Å². The molecule has 3 aromatic carbocycles. The van der Waals surface area contributed by atoms with Gasteiger partial charge in [-0.25, -0.2) is 8.42 Å². The molecule has 0 fully saturated rings. The Balaban J connectivity index is 1.39. The van der Waals surface area contributed by atoms with Gasteiger partial charge in [-0.3, -0.25) is 14.4 Å². The van der Waals surface area contributed by atoms with Gasteiger partial charge in [0.15, 0.2) is 6.10 Å². The highest BCUT2D eigenvalue weighted by Gasteiger charge is 2.37. The number of benzene rings is 3. The fourth-order valence-electron chi connectivity index (χ4n) is 3.71. The Kier molecular flexibility index (Phi) is 6.33. The molecule has 1 aliphatic rings. The van der Waals surface area contributed by atoms with Gasteiger partial charge in [0.1, 0.15) is 16.5 Å². The van der Waals surface area contributed by atoms with Crippen LogP contribution in [0.3, 0.4) is 0 Å². The van der Waals surface area contributed by atoms with Gasteiger partial charge in [0.25, 0.3) is 15.9 Å². The van der Waals surface area contributed by atoms with Crippen molar-refractivity contribution in [3.05, 3.63) is 78.4 Å². The van der Waals surface area contributed by atoms with Gasteiger partial charge in [-0.2, -0.15) is 0 Å². The molecule has 1 aromatic heterocycles. The number of amides is 1. The predicted molar refractivity (Wildman–Crippen MR) is 137 cm³/mol. The van der Waals surface area contributed by atoms with Gasteiger partial charge in [0.05, 0.1) is 24.2 Å². The number of para-hydroxylation sites is 2. The number of nitrogens with zero attached hydrogens (tertiary/aromatic N) is 3. The van der Waals surface area contributed by atoms with E-state index in [1.807, 2.05) is 31.2 Å². The molecule has 1 N–H and O–H groups in total. The number of carbonyl (C=O) groups excluding carboxylic acids is 1. The maximum absolute atomic E-state index is 13.5. The van der Waals surface area contributed by atoms with Gasteiger partial charge < -0.3 is 9.47 Å². The number of carbonyl (C=O) groups is 1. The molecule has 0 spiro atoms. The molecule has 0 saturated carbocycles. The number of hydrogen-bond acceptors (Lipinski definition) is 8. The zero-order chi connectivity index (χ0) is 25.3. The van der Waals surface area contributed by atoms with Crippen molar-refractivity contribution in [3.63, 3.8) is 0 Å². The average Bonchev–Trinajstić information content (AvgIpc) is 3.36. The molecule has 1 amide bonds. The van der Waals surface area contributed by atoms with E-state index in [1.54, 1.807) is 36.4 Å². The molecule has 184 valence electrons. The van der Waals surface area contributed by atoms with E-state index < -0.39 is 22.0 Å². The SMILES string of the molecule is COc1ccc(S(=O)(=O)N2C[C@@H](C(=O)Nc3nnc(-c4ccc(C)cc4)s3)Oc3ccccc32)cc1. The number of methoxy groups -OCH3 is 1. The topological polar surface area (TPSA) is 111 Å². The van der Waals surface area contributed by atoms with Crippen LogP contribution < -0.4 is 19.1 Å². The second-order valence-corrected chi connectivity index (χ2v) is 10.9. The standard InChI is InChI=1S/C25H22N4O5S2/c1-16-7-9-17(10-8-16)24-27-28-25(35-24)26-23(30)22-15-29(20-5-3-4-6-21(20)34-22)36(31,32)19-13-11-18(33-2)12-14-19/h3-14,22H,15H2,1-2H3,(H,26,28,30)/t22-/m0/s1. The summed E-state index contributed by atoms with van der Waals surface area (Å²) in [6, 6.07) is 20.6. The maximum Gasteiger partial charge on any atom is 0.269 e. The number of sulfonamides is 1. The number of aryl methyl sites for hydroxylation is 1. The van der Waals surface area contributed by atoms with E-state index in [0.717, 1.165) is 11.1 Å². The molecule has 5 rings (SSSR count). The summed E-state index contributed by atoms with van der Waals surface area (Å²) in [6.45, 7) is 1.79. The Morgan fingerprint density at radius 3 is 2.50 bits per heavy atom. The van der Waals surface area contributed by atoms with Crippen LogP contribution in [0.2, 0.25) is 0 Å². The fourth-order valence-corrected chi connectivity index (χ4v) is 5.94. The number of anilines is 2. The first kappa shape index (κ1) is 23.8. The molecule has 0 bridgehead atoms. The summed E-state index contributed by atoms with van der Waals surface area (Å²) in [5.41, 5.74) is 2.37. The molecule has 9 nitrogen and oxygen atoms in total. The summed E-state index contributed by atoms with van der Waals surface area (Å²) >= 11 is 1.22. The van der Waals surface area contributed by atoms with E-state index in [9.17, 15) is 13.2 Å². The van der Waals surface area contributed by atoms with Crippen molar-refractivity contribution >= 4 is 38.1 Å². The van der Waals surface area contributed by atoms with Gasteiger partial charge >= 0.3 is 0 Å². The van der Waals surface area contributed by atoms with E-state index in [-0.39, 0.29) is 11.4 Å². The molecule has 36 heavy (non-hydrogen) atoms. The van der Waals surface area contributed by atoms with Gasteiger partial charge in [0.2, 0.25) is 5.13 Å². The minimum Gasteiger partial charge on any atom is -0.497 e. The van der Waals surface area contributed by atoms with Gasteiger partial charge in [0, 0.05) is 5.56 Å². The summed E-state index contributed by atoms with van der Waals surface area (Å²) in [7, 11) is -2.48. The van der Waals surface area contributed by atoms with E-state index in [4.69, 9.17) is 9.47 Å². The van der Waals surface area contributed by atoms with Crippen molar-refractivity contribution in [3.8, 4) is 22.1 Å². The lowest BCUT2D eigenvalue weighted by Crippen LogP contribution is -2.48. The molecule has 0 unspecified atom stereocenters. The van der Waals surface area contributed by atoms with Crippen LogP contribution in [0, 0.1) is 6.92 Å². The summed E-state index contributed by atoms with van der Waals surface area (Å²) in [5, 5.41) is 11.9. The molecule has 1 atom stereocenters. The zero-order valence-electron chi connectivity index (χ0n) is 19.4. The average molecular weight is 523 g/mol. The third kappa shape index (κ3) is 4.62. The van der Waals surface area contributed by atoms with Crippen LogP contribution in [0.15, 0.2) is 77.7 Å². The number of rotatable bonds is 6. The molecule has 11 heteroatoms. The van der Waals surface area contributed by atoms with Crippen molar-refractivity contribution in [2.45, 2.75) is 17.9 Å². The number of fused-ring (bicyclic) bond motifs is 1. The number of hydrogen-bond donors (Lipinski definition) is 1. The molecule has 0 radical (unpaired) electrons. The quantitative estimate of drug-likeness (QED) is 0.406. The Hall–Kier alpha value is -3.96. The van der Waals surface area contributed by atoms with Crippen molar-refractivity contribution in [2.24, 2.45) is 0 Å². The van der Waals surface area contributed by atoms with E-state index in [0.29, 0.717) is 27.3 Å². The van der Waals surface area contributed by atoms with E-state index in [1.165, 1.54) is 34.9 Å². The Bertz CT molecular complexity index is 1500. The fraction of sp³-hybridized carbons (Fsp3) is 0.160. The Labute approximate surface area is 212 Å². The summed E-state index contributed by atoms with van der Waals surface area (Å²) < 4.78 is 39.3. The zero-order valence-corrected chi connectivity index (χ0v) is 21.0. The van der Waals surface area contributed by atoms with Crippen molar-refractivity contribution < 1.29 is 22.7 Å². The van der Waals surface area contributed by atoms with Crippen molar-refractivity contribution in [1.82, 2.24) is 10.2 Å². The van der Waals surface area contributed by atoms with Crippen LogP contribution in [0.4, 0.5) is 10.8 Å². The smallest absolute Gasteiger partial charge is 0.269 e. The first-order valence-electron chi connectivity index (χ1n) is 11.0. The number of aromatic nitrogens is 2. The van der Waals surface area contributed by atoms with Gasteiger partial charge in [-0.1, -0.05) is 53.3 Å². The lowest BCUT2D eigenvalue weighted by Gasteiger charge is -2.34. The summed E-state index contributed by atoms with van der Waals surface area (Å²) in [4.78, 5) is 13.2. The highest BCUT2D eigenvalue weighted by molar-refractivity contribution is 7.92. The molecular weight excluding hydrogens is 500 g/mol. The number of ether oxygens (including phenoxy) is 2. The van der Waals surface area contributed by atoms with Crippen LogP contribution in [-0.2, 0) is 14.8 Å². The van der Waals surface area contributed by atoms with Crippen molar-refractivity contribution in [2.75, 3.05) is 23.3 Å². The lowest BCUT2D eigenvalue weighted by molar-refractivity contribution is -0.122. The molecule has 0 saturated heterocycles. The first-order chi connectivity index (χ1) is 17.3. The van der Waals surface area contributed by atoms with Gasteiger partial charge in [-0.15, -0.1) is 10.2 Å². The minimum atomic E-state index is -3.98. The molecule has 1 aliphatic heterocycles. The first-order valence-corrected chi connectivity index (χ1v) is 13.2. The number of nitrogens with one attached hydrogen (secondary N) is 1. The van der Waals surface area contributed by atoms with E-state index >= 15 is 0 Å². The van der Waals surface area contributed by atoms with Crippen LogP contribution >= 0.6 is 11.3 Å². The van der Waals surface area contributed by atoms with Crippen molar-refractivity contribution in [1.29, 1.82) is 0 Å². The van der Waals surface area contributed by atoms with Crippen LogP contribution in [0.5, 0.6) is 11.5 Å². The lowest BCUT2D eigenvalue weighted by atomic mass is 10.2. The maximum atomic E-state index is 13.5. The minimum absolute atomic E-state index is 0.0750. The third-order valence-electron chi connectivity index (χ3n) is 5.63. The van der Waals surface area contributed by atoms with E-state index in [2.05, 4.69) is 15.5 Å². The second-order valence-electron chi connectivity index (χ2n) is 8.05. The second kappa shape index (κ2) is 9.59. The molecule has 4 aromatic rings. The third-order valence-corrected chi connectivity index (χ3v) is 8.31. The Morgan fingerprint density at radius 1 is 1.06 bits per heavy atom. The summed E-state index contributed by atoms with van der Waals surface area (Å²) in [6.07, 6.45) is -1.10. The predicted octanol–water partition coefficient (Wildman–Crippen LogP) is 4.12.